The van der Waals surface area contributed by atoms with Gasteiger partial charge in [-0.25, -0.2) is 4.68 Å². The number of methoxy groups -OCH3 is 1. The smallest absolute Gasteiger partial charge is 0.257 e. The second-order valence-electron chi connectivity index (χ2n) is 6.69. The fraction of sp³-hybridized carbons (Fsp3) is 0.350. The molecule has 1 amide bonds. The molecule has 1 saturated heterocycles. The first-order valence-corrected chi connectivity index (χ1v) is 9.88. The number of piperidine rings is 1. The average Bonchev–Trinajstić information content (AvgIpc) is 3.11. The molecule has 2 aromatic heterocycles. The van der Waals surface area contributed by atoms with Gasteiger partial charge in [0.1, 0.15) is 0 Å². The lowest BCUT2D eigenvalue weighted by molar-refractivity contribution is 0.0719. The molecule has 0 N–H and O–H groups in total. The molecule has 6 nitrogen and oxygen atoms in total. The highest BCUT2D eigenvalue weighted by Gasteiger charge is 2.25. The summed E-state index contributed by atoms with van der Waals surface area (Å²) in [6, 6.07) is 7.87. The predicted octanol–water partition coefficient (Wildman–Crippen LogP) is 3.96. The number of carbonyl (C=O) groups is 1. The van der Waals surface area contributed by atoms with Crippen molar-refractivity contribution in [3.8, 4) is 5.69 Å². The molecule has 1 aromatic carbocycles. The molecule has 0 unspecified atom stereocenters. The Kier molecular flexibility index (Phi) is 5.22. The van der Waals surface area contributed by atoms with Crippen LogP contribution in [0.1, 0.15) is 35.3 Å². The Labute approximate surface area is 166 Å². The number of hydrogen-bond acceptors (Lipinski definition) is 4. The first-order chi connectivity index (χ1) is 13.2. The van der Waals surface area contributed by atoms with Crippen molar-refractivity contribution in [1.29, 1.82) is 0 Å². The predicted molar refractivity (Wildman–Crippen MR) is 107 cm³/mol. The van der Waals surface area contributed by atoms with Crippen LogP contribution < -0.4 is 0 Å². The van der Waals surface area contributed by atoms with Gasteiger partial charge in [-0.05, 0) is 43.5 Å². The molecule has 1 aliphatic rings. The van der Waals surface area contributed by atoms with Crippen molar-refractivity contribution in [2.45, 2.75) is 25.9 Å². The number of aromatic nitrogens is 3. The second-order valence-corrected chi connectivity index (χ2v) is 7.61. The van der Waals surface area contributed by atoms with Gasteiger partial charge in [-0.15, -0.1) is 0 Å². The molecular weight excluding hydrogens is 408 g/mol. The first kappa shape index (κ1) is 18.1. The number of amides is 1. The molecule has 3 aromatic rings. The van der Waals surface area contributed by atoms with Gasteiger partial charge in [-0.3, -0.25) is 9.78 Å². The summed E-state index contributed by atoms with van der Waals surface area (Å²) in [5, 5.41) is 5.51. The van der Waals surface area contributed by atoms with E-state index < -0.39 is 0 Å². The van der Waals surface area contributed by atoms with Gasteiger partial charge in [0.05, 0.1) is 35.3 Å². The summed E-state index contributed by atoms with van der Waals surface area (Å²) in [4.78, 5) is 19.4. The number of carbonyl (C=O) groups excluding carboxylic acids is 1. The molecule has 1 fully saturated rings. The van der Waals surface area contributed by atoms with Crippen LogP contribution in [0.2, 0.25) is 0 Å². The van der Waals surface area contributed by atoms with Crippen LogP contribution >= 0.6 is 15.9 Å². The van der Waals surface area contributed by atoms with Crippen LogP contribution in [-0.2, 0) is 11.3 Å². The summed E-state index contributed by atoms with van der Waals surface area (Å²) < 4.78 is 8.18. The van der Waals surface area contributed by atoms with Crippen LogP contribution in [0.15, 0.2) is 41.1 Å². The standard InChI is InChI=1S/C20H21BrN4O2/c1-27-13-19-16(20(26)24-9-3-2-4-10-24)12-23-25(19)18-7-8-22-17-11-14(21)5-6-15(17)18/h5-8,11-12H,2-4,9-10,13H2,1H3. The van der Waals surface area contributed by atoms with Crippen LogP contribution in [0, 0.1) is 0 Å². The highest BCUT2D eigenvalue weighted by Crippen LogP contribution is 2.26. The van der Waals surface area contributed by atoms with Gasteiger partial charge in [-0.1, -0.05) is 15.9 Å². The number of nitrogens with zero attached hydrogens (tertiary/aromatic N) is 4. The molecule has 27 heavy (non-hydrogen) atoms. The van der Waals surface area contributed by atoms with Gasteiger partial charge in [0.25, 0.3) is 5.91 Å². The van der Waals surface area contributed by atoms with E-state index in [-0.39, 0.29) is 5.91 Å². The monoisotopic (exact) mass is 428 g/mol. The van der Waals surface area contributed by atoms with Gasteiger partial charge in [0, 0.05) is 36.3 Å². The maximum atomic E-state index is 13.0. The van der Waals surface area contributed by atoms with Crippen molar-refractivity contribution in [3.63, 3.8) is 0 Å². The average molecular weight is 429 g/mol. The van der Waals surface area contributed by atoms with E-state index in [0.717, 1.165) is 52.7 Å². The lowest BCUT2D eigenvalue weighted by Gasteiger charge is -2.26. The maximum absolute atomic E-state index is 13.0. The van der Waals surface area contributed by atoms with Gasteiger partial charge in [-0.2, -0.15) is 5.10 Å². The first-order valence-electron chi connectivity index (χ1n) is 9.09. The Bertz CT molecular complexity index is 979. The van der Waals surface area contributed by atoms with Crippen LogP contribution in [-0.4, -0.2) is 45.8 Å². The van der Waals surface area contributed by atoms with Crippen LogP contribution in [0.4, 0.5) is 0 Å². The molecule has 0 saturated carbocycles. The summed E-state index contributed by atoms with van der Waals surface area (Å²) in [5.74, 6) is 0.0362. The van der Waals surface area contributed by atoms with Gasteiger partial charge >= 0.3 is 0 Å². The third-order valence-electron chi connectivity index (χ3n) is 4.93. The molecular formula is C20H21BrN4O2. The maximum Gasteiger partial charge on any atom is 0.257 e. The minimum Gasteiger partial charge on any atom is -0.378 e. The Balaban J connectivity index is 1.80. The molecule has 0 radical (unpaired) electrons. The number of fused-ring (bicyclic) bond motifs is 1. The van der Waals surface area contributed by atoms with E-state index in [1.807, 2.05) is 29.2 Å². The minimum absolute atomic E-state index is 0.0362. The number of likely N-dealkylation sites (tertiary alicyclic amines) is 1. The fourth-order valence-electron chi connectivity index (χ4n) is 3.59. The van der Waals surface area contributed by atoms with Gasteiger partial charge < -0.3 is 9.64 Å². The zero-order valence-corrected chi connectivity index (χ0v) is 16.8. The van der Waals surface area contributed by atoms with Crippen molar-refractivity contribution < 1.29 is 9.53 Å². The van der Waals surface area contributed by atoms with E-state index in [0.29, 0.717) is 12.2 Å². The summed E-state index contributed by atoms with van der Waals surface area (Å²) in [5.41, 5.74) is 3.13. The number of rotatable bonds is 4. The zero-order valence-electron chi connectivity index (χ0n) is 15.2. The molecule has 0 atom stereocenters. The third kappa shape index (κ3) is 3.49. The Morgan fingerprint density at radius 2 is 2.04 bits per heavy atom. The van der Waals surface area contributed by atoms with Crippen LogP contribution in [0.5, 0.6) is 0 Å². The lowest BCUT2D eigenvalue weighted by Crippen LogP contribution is -2.36. The van der Waals surface area contributed by atoms with Crippen molar-refractivity contribution in [1.82, 2.24) is 19.7 Å². The second kappa shape index (κ2) is 7.78. The van der Waals surface area contributed by atoms with E-state index in [9.17, 15) is 4.79 Å². The molecule has 0 aliphatic carbocycles. The number of pyridine rings is 1. The Morgan fingerprint density at radius 3 is 2.81 bits per heavy atom. The molecule has 0 spiro atoms. The van der Waals surface area contributed by atoms with Crippen molar-refractivity contribution in [2.24, 2.45) is 0 Å². The molecule has 1 aliphatic heterocycles. The highest BCUT2D eigenvalue weighted by molar-refractivity contribution is 9.10. The van der Waals surface area contributed by atoms with Gasteiger partial charge in [0.2, 0.25) is 0 Å². The SMILES string of the molecule is COCc1c(C(=O)N2CCCCC2)cnn1-c1ccnc2cc(Br)ccc12. The van der Waals surface area contributed by atoms with Crippen LogP contribution in [0.25, 0.3) is 16.6 Å². The largest absolute Gasteiger partial charge is 0.378 e. The quantitative estimate of drug-likeness (QED) is 0.630. The van der Waals surface area contributed by atoms with Crippen molar-refractivity contribution in [2.75, 3.05) is 20.2 Å². The molecule has 0 bridgehead atoms. The number of hydrogen-bond donors (Lipinski definition) is 0. The Morgan fingerprint density at radius 1 is 1.22 bits per heavy atom. The molecule has 3 heterocycles. The normalized spacial score (nSPS) is 14.7. The third-order valence-corrected chi connectivity index (χ3v) is 5.43. The summed E-state index contributed by atoms with van der Waals surface area (Å²) in [6.07, 6.45) is 6.73. The van der Waals surface area contributed by atoms with E-state index in [1.54, 1.807) is 24.2 Å². The summed E-state index contributed by atoms with van der Waals surface area (Å²) in [6.45, 7) is 1.93. The molecule has 4 rings (SSSR count). The molecule has 7 heteroatoms. The van der Waals surface area contributed by atoms with E-state index in [4.69, 9.17) is 4.74 Å². The minimum atomic E-state index is 0.0362. The fourth-order valence-corrected chi connectivity index (χ4v) is 3.94. The number of benzene rings is 1. The van der Waals surface area contributed by atoms with Crippen molar-refractivity contribution in [3.05, 3.63) is 52.4 Å². The molecule has 140 valence electrons. The highest BCUT2D eigenvalue weighted by atomic mass is 79.9. The van der Waals surface area contributed by atoms with Gasteiger partial charge in [0.15, 0.2) is 0 Å². The van der Waals surface area contributed by atoms with E-state index in [1.165, 1.54) is 6.42 Å². The number of halogens is 1. The topological polar surface area (TPSA) is 60.2 Å². The Hall–Kier alpha value is -2.25. The van der Waals surface area contributed by atoms with Crippen molar-refractivity contribution >= 4 is 32.7 Å². The number of ether oxygens (including phenoxy) is 1. The lowest BCUT2D eigenvalue weighted by atomic mass is 10.1. The van der Waals surface area contributed by atoms with Crippen LogP contribution in [0.3, 0.4) is 0 Å². The summed E-state index contributed by atoms with van der Waals surface area (Å²) >= 11 is 3.49. The van der Waals surface area contributed by atoms with E-state index >= 15 is 0 Å². The zero-order chi connectivity index (χ0) is 18.8. The van der Waals surface area contributed by atoms with E-state index in [2.05, 4.69) is 26.0 Å². The summed E-state index contributed by atoms with van der Waals surface area (Å²) in [7, 11) is 1.63.